The molecule has 2 aromatic rings. The SMILES string of the molecule is Cc1cccc(OCc2ccccc2Br)c1C. The third-order valence-corrected chi connectivity index (χ3v) is 3.67. The molecule has 2 aromatic carbocycles. The molecule has 0 radical (unpaired) electrons. The summed E-state index contributed by atoms with van der Waals surface area (Å²) in [7, 11) is 0. The molecule has 0 aliphatic heterocycles. The Morgan fingerprint density at radius 2 is 1.76 bits per heavy atom. The normalized spacial score (nSPS) is 10.3. The lowest BCUT2D eigenvalue weighted by molar-refractivity contribution is 0.303. The van der Waals surface area contributed by atoms with Crippen molar-refractivity contribution in [3.8, 4) is 5.75 Å². The zero-order valence-electron chi connectivity index (χ0n) is 10.0. The van der Waals surface area contributed by atoms with Crippen LogP contribution in [-0.4, -0.2) is 0 Å². The highest BCUT2D eigenvalue weighted by Crippen LogP contribution is 2.23. The Morgan fingerprint density at radius 3 is 2.53 bits per heavy atom. The molecule has 0 heterocycles. The Morgan fingerprint density at radius 1 is 1.00 bits per heavy atom. The molecule has 0 atom stereocenters. The predicted molar refractivity (Wildman–Crippen MR) is 74.4 cm³/mol. The fraction of sp³-hybridized carbons (Fsp3) is 0.200. The van der Waals surface area contributed by atoms with Crippen molar-refractivity contribution in [1.82, 2.24) is 0 Å². The van der Waals surface area contributed by atoms with E-state index in [1.165, 1.54) is 11.1 Å². The second kappa shape index (κ2) is 5.37. The van der Waals surface area contributed by atoms with Crippen LogP contribution in [0, 0.1) is 13.8 Å². The van der Waals surface area contributed by atoms with Crippen LogP contribution in [0.25, 0.3) is 0 Å². The van der Waals surface area contributed by atoms with Gasteiger partial charge in [0.2, 0.25) is 0 Å². The zero-order valence-corrected chi connectivity index (χ0v) is 11.6. The largest absolute Gasteiger partial charge is 0.489 e. The van der Waals surface area contributed by atoms with Crippen molar-refractivity contribution in [3.05, 3.63) is 63.6 Å². The molecule has 0 bridgehead atoms. The third-order valence-electron chi connectivity index (χ3n) is 2.90. The molecular formula is C15H15BrO. The minimum atomic E-state index is 0.589. The minimum absolute atomic E-state index is 0.589. The molecule has 1 nitrogen and oxygen atoms in total. The van der Waals surface area contributed by atoms with Gasteiger partial charge >= 0.3 is 0 Å². The summed E-state index contributed by atoms with van der Waals surface area (Å²) in [4.78, 5) is 0. The van der Waals surface area contributed by atoms with Crippen LogP contribution in [0.1, 0.15) is 16.7 Å². The fourth-order valence-corrected chi connectivity index (χ4v) is 2.05. The van der Waals surface area contributed by atoms with Gasteiger partial charge in [0.25, 0.3) is 0 Å². The highest BCUT2D eigenvalue weighted by atomic mass is 79.9. The summed E-state index contributed by atoms with van der Waals surface area (Å²) < 4.78 is 6.94. The first kappa shape index (κ1) is 12.2. The number of hydrogen-bond donors (Lipinski definition) is 0. The van der Waals surface area contributed by atoms with Crippen LogP contribution in [0.3, 0.4) is 0 Å². The van der Waals surface area contributed by atoms with E-state index in [1.54, 1.807) is 0 Å². The van der Waals surface area contributed by atoms with Crippen LogP contribution < -0.4 is 4.74 Å². The summed E-state index contributed by atoms with van der Waals surface area (Å²) >= 11 is 3.52. The fourth-order valence-electron chi connectivity index (χ4n) is 1.65. The molecule has 0 spiro atoms. The van der Waals surface area contributed by atoms with Crippen molar-refractivity contribution >= 4 is 15.9 Å². The maximum Gasteiger partial charge on any atom is 0.122 e. The first-order valence-corrected chi connectivity index (χ1v) is 6.40. The summed E-state index contributed by atoms with van der Waals surface area (Å²) in [6.07, 6.45) is 0. The Kier molecular flexibility index (Phi) is 3.85. The summed E-state index contributed by atoms with van der Waals surface area (Å²) in [6.45, 7) is 4.77. The Hall–Kier alpha value is -1.28. The van der Waals surface area contributed by atoms with Crippen LogP contribution in [0.2, 0.25) is 0 Å². The third kappa shape index (κ3) is 2.89. The standard InChI is InChI=1S/C15H15BrO/c1-11-6-5-9-15(12(11)2)17-10-13-7-3-4-8-14(13)16/h3-9H,10H2,1-2H3. The van der Waals surface area contributed by atoms with Gasteiger partial charge in [-0.1, -0.05) is 46.3 Å². The van der Waals surface area contributed by atoms with E-state index in [1.807, 2.05) is 30.3 Å². The minimum Gasteiger partial charge on any atom is -0.489 e. The van der Waals surface area contributed by atoms with Gasteiger partial charge in [-0.05, 0) is 37.1 Å². The lowest BCUT2D eigenvalue weighted by atomic mass is 10.1. The summed E-state index contributed by atoms with van der Waals surface area (Å²) in [5, 5.41) is 0. The highest BCUT2D eigenvalue weighted by Gasteiger charge is 2.03. The maximum atomic E-state index is 5.85. The van der Waals surface area contributed by atoms with Gasteiger partial charge in [-0.25, -0.2) is 0 Å². The Balaban J connectivity index is 2.13. The van der Waals surface area contributed by atoms with Crippen molar-refractivity contribution in [2.75, 3.05) is 0 Å². The molecule has 0 aliphatic carbocycles. The topological polar surface area (TPSA) is 9.23 Å². The van der Waals surface area contributed by atoms with Crippen LogP contribution in [0.5, 0.6) is 5.75 Å². The molecule has 0 aliphatic rings. The molecular weight excluding hydrogens is 276 g/mol. The van der Waals surface area contributed by atoms with E-state index >= 15 is 0 Å². The maximum absolute atomic E-state index is 5.85. The number of aryl methyl sites for hydroxylation is 1. The first-order chi connectivity index (χ1) is 8.18. The van der Waals surface area contributed by atoms with Crippen molar-refractivity contribution in [3.63, 3.8) is 0 Å². The number of rotatable bonds is 3. The van der Waals surface area contributed by atoms with Crippen molar-refractivity contribution < 1.29 is 4.74 Å². The Bertz CT molecular complexity index is 520. The highest BCUT2D eigenvalue weighted by molar-refractivity contribution is 9.10. The predicted octanol–water partition coefficient (Wildman–Crippen LogP) is 4.64. The molecule has 0 aromatic heterocycles. The Labute approximate surface area is 111 Å². The van der Waals surface area contributed by atoms with E-state index in [4.69, 9.17) is 4.74 Å². The van der Waals surface area contributed by atoms with E-state index < -0.39 is 0 Å². The molecule has 0 amide bonds. The van der Waals surface area contributed by atoms with Crippen LogP contribution >= 0.6 is 15.9 Å². The van der Waals surface area contributed by atoms with Crippen molar-refractivity contribution in [2.45, 2.75) is 20.5 Å². The van der Waals surface area contributed by atoms with Crippen molar-refractivity contribution in [2.24, 2.45) is 0 Å². The van der Waals surface area contributed by atoms with E-state index in [-0.39, 0.29) is 0 Å². The number of hydrogen-bond acceptors (Lipinski definition) is 1. The molecule has 17 heavy (non-hydrogen) atoms. The van der Waals surface area contributed by atoms with Gasteiger partial charge < -0.3 is 4.74 Å². The number of halogens is 1. The second-order valence-corrected chi connectivity index (χ2v) is 4.93. The average Bonchev–Trinajstić information content (AvgIpc) is 2.33. The molecule has 2 rings (SSSR count). The number of benzene rings is 2. The van der Waals surface area contributed by atoms with E-state index in [2.05, 4.69) is 41.9 Å². The van der Waals surface area contributed by atoms with E-state index in [9.17, 15) is 0 Å². The zero-order chi connectivity index (χ0) is 12.3. The van der Waals surface area contributed by atoms with E-state index in [0.29, 0.717) is 6.61 Å². The van der Waals surface area contributed by atoms with Gasteiger partial charge in [0.05, 0.1) is 0 Å². The van der Waals surface area contributed by atoms with Crippen LogP contribution in [-0.2, 0) is 6.61 Å². The van der Waals surface area contributed by atoms with Crippen LogP contribution in [0.4, 0.5) is 0 Å². The van der Waals surface area contributed by atoms with Crippen LogP contribution in [0.15, 0.2) is 46.9 Å². The molecule has 0 fully saturated rings. The molecule has 0 saturated heterocycles. The van der Waals surface area contributed by atoms with Gasteiger partial charge in [-0.2, -0.15) is 0 Å². The van der Waals surface area contributed by atoms with Gasteiger partial charge in [-0.15, -0.1) is 0 Å². The monoisotopic (exact) mass is 290 g/mol. The molecule has 0 unspecified atom stereocenters. The molecule has 88 valence electrons. The molecule has 2 heteroatoms. The lowest BCUT2D eigenvalue weighted by Crippen LogP contribution is -1.98. The first-order valence-electron chi connectivity index (χ1n) is 5.61. The average molecular weight is 291 g/mol. The lowest BCUT2D eigenvalue weighted by Gasteiger charge is -2.11. The van der Waals surface area contributed by atoms with E-state index in [0.717, 1.165) is 15.8 Å². The molecule has 0 saturated carbocycles. The quantitative estimate of drug-likeness (QED) is 0.800. The summed E-state index contributed by atoms with van der Waals surface area (Å²) in [6, 6.07) is 14.3. The second-order valence-electron chi connectivity index (χ2n) is 4.08. The molecule has 0 N–H and O–H groups in total. The summed E-state index contributed by atoms with van der Waals surface area (Å²) in [5.74, 6) is 0.959. The van der Waals surface area contributed by atoms with Gasteiger partial charge in [0.15, 0.2) is 0 Å². The van der Waals surface area contributed by atoms with Gasteiger partial charge in [0.1, 0.15) is 12.4 Å². The van der Waals surface area contributed by atoms with Gasteiger partial charge in [0, 0.05) is 10.0 Å². The summed E-state index contributed by atoms with van der Waals surface area (Å²) in [5.41, 5.74) is 3.63. The smallest absolute Gasteiger partial charge is 0.122 e. The van der Waals surface area contributed by atoms with Gasteiger partial charge in [-0.3, -0.25) is 0 Å². The number of ether oxygens (including phenoxy) is 1. The van der Waals surface area contributed by atoms with Crippen molar-refractivity contribution in [1.29, 1.82) is 0 Å².